The van der Waals surface area contributed by atoms with Crippen molar-refractivity contribution in [3.8, 4) is 0 Å². The van der Waals surface area contributed by atoms with Crippen LogP contribution in [0.4, 0.5) is 4.79 Å². The summed E-state index contributed by atoms with van der Waals surface area (Å²) >= 11 is 0. The molecule has 21 heavy (non-hydrogen) atoms. The Morgan fingerprint density at radius 3 is 2.90 bits per heavy atom. The standard InChI is InChI=1S/C14H22N4O3/c1-9(2)4-5-17(3)14(21)18-7-11-10(15-8-16-11)6-12(18)13(19)20/h8-9,12H,4-7H2,1-3H3,(H,15,16)(H,19,20). The number of carboxylic acid groups (broad SMARTS) is 1. The molecular formula is C14H22N4O3. The van der Waals surface area contributed by atoms with E-state index in [9.17, 15) is 14.7 Å². The Morgan fingerprint density at radius 2 is 2.29 bits per heavy atom. The summed E-state index contributed by atoms with van der Waals surface area (Å²) in [6, 6.07) is -1.10. The van der Waals surface area contributed by atoms with E-state index in [0.29, 0.717) is 12.5 Å². The number of aromatic nitrogens is 2. The van der Waals surface area contributed by atoms with Gasteiger partial charge in [-0.2, -0.15) is 0 Å². The maximum absolute atomic E-state index is 12.5. The van der Waals surface area contributed by atoms with Crippen molar-refractivity contribution >= 4 is 12.0 Å². The van der Waals surface area contributed by atoms with Crippen molar-refractivity contribution in [3.63, 3.8) is 0 Å². The van der Waals surface area contributed by atoms with Crippen LogP contribution in [0.5, 0.6) is 0 Å². The monoisotopic (exact) mass is 294 g/mol. The van der Waals surface area contributed by atoms with Crippen molar-refractivity contribution in [2.24, 2.45) is 5.92 Å². The van der Waals surface area contributed by atoms with Gasteiger partial charge in [-0.15, -0.1) is 0 Å². The van der Waals surface area contributed by atoms with Crippen LogP contribution in [-0.2, 0) is 17.8 Å². The molecule has 0 fully saturated rings. The van der Waals surface area contributed by atoms with E-state index in [4.69, 9.17) is 0 Å². The van der Waals surface area contributed by atoms with Gasteiger partial charge in [0.05, 0.1) is 24.3 Å². The number of amides is 2. The number of carboxylic acids is 1. The molecule has 1 aromatic heterocycles. The second kappa shape index (κ2) is 6.15. The summed E-state index contributed by atoms with van der Waals surface area (Å²) in [5, 5.41) is 9.37. The van der Waals surface area contributed by atoms with Gasteiger partial charge in [0, 0.05) is 20.0 Å². The van der Waals surface area contributed by atoms with Crippen LogP contribution >= 0.6 is 0 Å². The van der Waals surface area contributed by atoms with Crippen LogP contribution < -0.4 is 0 Å². The Hall–Kier alpha value is -2.05. The number of imidazole rings is 1. The first-order chi connectivity index (χ1) is 9.90. The van der Waals surface area contributed by atoms with E-state index in [1.807, 2.05) is 0 Å². The number of aliphatic carboxylic acids is 1. The molecule has 0 saturated carbocycles. The highest BCUT2D eigenvalue weighted by Gasteiger charge is 2.37. The number of nitrogens with one attached hydrogen (secondary N) is 1. The van der Waals surface area contributed by atoms with Crippen molar-refractivity contribution < 1.29 is 14.7 Å². The number of hydrogen-bond acceptors (Lipinski definition) is 3. The molecule has 1 aliphatic rings. The molecule has 1 aliphatic heterocycles. The Morgan fingerprint density at radius 1 is 1.57 bits per heavy atom. The number of nitrogens with zero attached hydrogens (tertiary/aromatic N) is 3. The van der Waals surface area contributed by atoms with Gasteiger partial charge in [-0.25, -0.2) is 14.6 Å². The van der Waals surface area contributed by atoms with E-state index in [-0.39, 0.29) is 19.0 Å². The van der Waals surface area contributed by atoms with E-state index in [1.54, 1.807) is 18.3 Å². The van der Waals surface area contributed by atoms with Gasteiger partial charge in [-0.3, -0.25) is 0 Å². The highest BCUT2D eigenvalue weighted by molar-refractivity contribution is 5.83. The second-order valence-corrected chi connectivity index (χ2v) is 5.90. The fourth-order valence-electron chi connectivity index (χ4n) is 2.42. The van der Waals surface area contributed by atoms with Crippen molar-refractivity contribution in [3.05, 3.63) is 17.7 Å². The zero-order valence-corrected chi connectivity index (χ0v) is 12.7. The first-order valence-electron chi connectivity index (χ1n) is 7.15. The largest absolute Gasteiger partial charge is 0.480 e. The molecule has 116 valence electrons. The highest BCUT2D eigenvalue weighted by Crippen LogP contribution is 2.22. The van der Waals surface area contributed by atoms with Gasteiger partial charge >= 0.3 is 12.0 Å². The number of carbonyl (C=O) groups excluding carboxylic acids is 1. The van der Waals surface area contributed by atoms with Crippen molar-refractivity contribution in [1.29, 1.82) is 0 Å². The number of aromatic amines is 1. The van der Waals surface area contributed by atoms with Crippen molar-refractivity contribution in [2.45, 2.75) is 39.3 Å². The lowest BCUT2D eigenvalue weighted by Gasteiger charge is -2.35. The van der Waals surface area contributed by atoms with E-state index in [0.717, 1.165) is 17.8 Å². The molecule has 7 nitrogen and oxygen atoms in total. The van der Waals surface area contributed by atoms with Crippen molar-refractivity contribution in [1.82, 2.24) is 19.8 Å². The minimum atomic E-state index is -0.991. The van der Waals surface area contributed by atoms with Gasteiger partial charge in [-0.1, -0.05) is 13.8 Å². The molecule has 1 unspecified atom stereocenters. The Labute approximate surface area is 124 Å². The number of fused-ring (bicyclic) bond motifs is 1. The average molecular weight is 294 g/mol. The third kappa shape index (κ3) is 3.34. The van der Waals surface area contributed by atoms with Gasteiger partial charge in [0.2, 0.25) is 0 Å². The van der Waals surface area contributed by atoms with Crippen LogP contribution in [-0.4, -0.2) is 56.5 Å². The average Bonchev–Trinajstić information content (AvgIpc) is 2.89. The summed E-state index contributed by atoms with van der Waals surface area (Å²) in [7, 11) is 1.71. The smallest absolute Gasteiger partial charge is 0.326 e. The van der Waals surface area contributed by atoms with Gasteiger partial charge in [-0.05, 0) is 12.3 Å². The zero-order valence-electron chi connectivity index (χ0n) is 12.7. The first kappa shape index (κ1) is 15.3. The third-order valence-electron chi connectivity index (χ3n) is 3.80. The van der Waals surface area contributed by atoms with E-state index >= 15 is 0 Å². The van der Waals surface area contributed by atoms with Crippen LogP contribution in [0, 0.1) is 5.92 Å². The Balaban J connectivity index is 2.12. The summed E-state index contributed by atoms with van der Waals surface area (Å²) < 4.78 is 0. The molecule has 2 amide bonds. The minimum absolute atomic E-state index is 0.247. The fraction of sp³-hybridized carbons (Fsp3) is 0.643. The molecule has 0 spiro atoms. The SMILES string of the molecule is CC(C)CCN(C)C(=O)N1Cc2[nH]cnc2CC1C(=O)O. The topological polar surface area (TPSA) is 89.5 Å². The molecule has 0 radical (unpaired) electrons. The maximum atomic E-state index is 12.5. The molecule has 1 aromatic rings. The molecule has 7 heteroatoms. The van der Waals surface area contributed by atoms with E-state index in [1.165, 1.54) is 4.90 Å². The number of H-pyrrole nitrogens is 1. The lowest BCUT2D eigenvalue weighted by molar-refractivity contribution is -0.142. The van der Waals surface area contributed by atoms with Crippen LogP contribution in [0.2, 0.25) is 0 Å². The molecule has 0 aliphatic carbocycles. The lowest BCUT2D eigenvalue weighted by atomic mass is 10.0. The second-order valence-electron chi connectivity index (χ2n) is 5.90. The summed E-state index contributed by atoms with van der Waals surface area (Å²) in [6.07, 6.45) is 2.68. The van der Waals surface area contributed by atoms with Crippen LogP contribution in [0.1, 0.15) is 31.7 Å². The number of carbonyl (C=O) groups is 2. The highest BCUT2D eigenvalue weighted by atomic mass is 16.4. The number of urea groups is 1. The number of hydrogen-bond donors (Lipinski definition) is 2. The minimum Gasteiger partial charge on any atom is -0.480 e. The van der Waals surface area contributed by atoms with Crippen LogP contribution in [0.15, 0.2) is 6.33 Å². The van der Waals surface area contributed by atoms with Gasteiger partial charge in [0.1, 0.15) is 6.04 Å². The fourth-order valence-corrected chi connectivity index (χ4v) is 2.42. The molecular weight excluding hydrogens is 272 g/mol. The lowest BCUT2D eigenvalue weighted by Crippen LogP contribution is -2.52. The Kier molecular flexibility index (Phi) is 4.50. The van der Waals surface area contributed by atoms with Crippen LogP contribution in [0.25, 0.3) is 0 Å². The first-order valence-corrected chi connectivity index (χ1v) is 7.15. The summed E-state index contributed by atoms with van der Waals surface area (Å²) in [6.45, 7) is 5.07. The predicted octanol–water partition coefficient (Wildman–Crippen LogP) is 1.32. The van der Waals surface area contributed by atoms with Gasteiger partial charge < -0.3 is 19.9 Å². The third-order valence-corrected chi connectivity index (χ3v) is 3.80. The molecule has 2 rings (SSSR count). The summed E-state index contributed by atoms with van der Waals surface area (Å²) in [5.41, 5.74) is 1.55. The molecule has 2 N–H and O–H groups in total. The van der Waals surface area contributed by atoms with Crippen LogP contribution in [0.3, 0.4) is 0 Å². The maximum Gasteiger partial charge on any atom is 0.326 e. The summed E-state index contributed by atoms with van der Waals surface area (Å²) in [4.78, 5) is 34.0. The normalized spacial score (nSPS) is 17.7. The molecule has 2 heterocycles. The molecule has 0 aromatic carbocycles. The molecule has 0 bridgehead atoms. The van der Waals surface area contributed by atoms with E-state index < -0.39 is 12.0 Å². The predicted molar refractivity (Wildman–Crippen MR) is 76.7 cm³/mol. The summed E-state index contributed by atoms with van der Waals surface area (Å²) in [5.74, 6) is -0.495. The molecule has 1 atom stereocenters. The molecule has 0 saturated heterocycles. The van der Waals surface area contributed by atoms with Gasteiger partial charge in [0.15, 0.2) is 0 Å². The van der Waals surface area contributed by atoms with Crippen molar-refractivity contribution in [2.75, 3.05) is 13.6 Å². The quantitative estimate of drug-likeness (QED) is 0.876. The number of rotatable bonds is 4. The van der Waals surface area contributed by atoms with Gasteiger partial charge in [0.25, 0.3) is 0 Å². The zero-order chi connectivity index (χ0) is 15.6. The Bertz CT molecular complexity index is 526. The van der Waals surface area contributed by atoms with E-state index in [2.05, 4.69) is 23.8 Å².